The van der Waals surface area contributed by atoms with Gasteiger partial charge in [-0.2, -0.15) is 0 Å². The minimum absolute atomic E-state index is 0.890. The van der Waals surface area contributed by atoms with Crippen molar-refractivity contribution in [2.45, 2.75) is 37.8 Å². The summed E-state index contributed by atoms with van der Waals surface area (Å²) in [5, 5.41) is 2.56. The zero-order valence-electron chi connectivity index (χ0n) is 6.38. The van der Waals surface area contributed by atoms with Gasteiger partial charge < -0.3 is 10.1 Å². The second-order valence-corrected chi connectivity index (χ2v) is 3.48. The van der Waals surface area contributed by atoms with Gasteiger partial charge in [0.15, 0.2) is 0 Å². The Morgan fingerprint density at radius 3 is 2.10 bits per heavy atom. The molecule has 2 N–H and O–H groups in total. The van der Waals surface area contributed by atoms with Crippen LogP contribution in [-0.2, 0) is 4.74 Å². The van der Waals surface area contributed by atoms with Gasteiger partial charge in [-0.1, -0.05) is 0 Å². The minimum Gasteiger partial charge on any atom is -0.381 e. The average molecular weight is 142 g/mol. The van der Waals surface area contributed by atoms with Gasteiger partial charge in [-0.25, -0.2) is 0 Å². The van der Waals surface area contributed by atoms with E-state index >= 15 is 0 Å². The fraction of sp³-hybridized carbons (Fsp3) is 1.00. The number of hydrogen-bond donors (Lipinski definition) is 1. The van der Waals surface area contributed by atoms with Crippen LogP contribution in [0.15, 0.2) is 0 Å². The van der Waals surface area contributed by atoms with E-state index in [0.29, 0.717) is 0 Å². The Morgan fingerprint density at radius 2 is 1.50 bits per heavy atom. The van der Waals surface area contributed by atoms with Crippen molar-refractivity contribution in [1.29, 1.82) is 0 Å². The number of quaternary nitrogens is 1. The highest BCUT2D eigenvalue weighted by Gasteiger charge is 2.29. The van der Waals surface area contributed by atoms with Gasteiger partial charge in [0.05, 0.1) is 25.3 Å². The number of hydrogen-bond acceptors (Lipinski definition) is 1. The summed E-state index contributed by atoms with van der Waals surface area (Å²) < 4.78 is 5.28. The van der Waals surface area contributed by atoms with E-state index in [2.05, 4.69) is 5.32 Å². The Morgan fingerprint density at radius 1 is 0.900 bits per heavy atom. The molecule has 0 aromatic carbocycles. The van der Waals surface area contributed by atoms with Crippen molar-refractivity contribution < 1.29 is 10.1 Å². The summed E-state index contributed by atoms with van der Waals surface area (Å²) in [7, 11) is 0. The van der Waals surface area contributed by atoms with E-state index in [9.17, 15) is 0 Å². The third-order valence-corrected chi connectivity index (χ3v) is 2.43. The molecule has 1 aliphatic carbocycles. The maximum absolute atomic E-state index is 5.28. The highest BCUT2D eigenvalue weighted by molar-refractivity contribution is 4.71. The van der Waals surface area contributed by atoms with E-state index in [1.54, 1.807) is 0 Å². The Kier molecular flexibility index (Phi) is 1.91. The van der Waals surface area contributed by atoms with Crippen LogP contribution in [0.1, 0.15) is 25.7 Å². The van der Waals surface area contributed by atoms with Crippen molar-refractivity contribution in [3.63, 3.8) is 0 Å². The van der Waals surface area contributed by atoms with E-state index in [1.807, 2.05) is 0 Å². The average Bonchev–Trinajstić information content (AvgIpc) is 2.74. The second-order valence-electron chi connectivity index (χ2n) is 3.48. The van der Waals surface area contributed by atoms with Crippen LogP contribution in [0.3, 0.4) is 0 Å². The van der Waals surface area contributed by atoms with Crippen LogP contribution in [0.25, 0.3) is 0 Å². The summed E-state index contributed by atoms with van der Waals surface area (Å²) in [5.41, 5.74) is 0. The molecule has 0 aromatic rings. The number of ether oxygens (including phenoxy) is 1. The molecule has 1 heterocycles. The first-order chi connectivity index (χ1) is 4.95. The van der Waals surface area contributed by atoms with Gasteiger partial charge in [0, 0.05) is 25.7 Å². The third-order valence-electron chi connectivity index (χ3n) is 2.43. The third kappa shape index (κ3) is 1.70. The van der Waals surface area contributed by atoms with Crippen molar-refractivity contribution in [3.05, 3.63) is 0 Å². The monoisotopic (exact) mass is 142 g/mol. The number of nitrogens with two attached hydrogens (primary N) is 1. The van der Waals surface area contributed by atoms with Crippen LogP contribution < -0.4 is 5.32 Å². The lowest BCUT2D eigenvalue weighted by molar-refractivity contribution is -0.705. The predicted molar refractivity (Wildman–Crippen MR) is 38.8 cm³/mol. The normalized spacial score (nSPS) is 28.8. The molecule has 2 heteroatoms. The predicted octanol–water partition coefficient (Wildman–Crippen LogP) is -0.109. The molecule has 2 rings (SSSR count). The molecule has 0 radical (unpaired) electrons. The summed E-state index contributed by atoms with van der Waals surface area (Å²) in [6.45, 7) is 1.99. The zero-order chi connectivity index (χ0) is 6.81. The van der Waals surface area contributed by atoms with Crippen molar-refractivity contribution in [2.75, 3.05) is 13.2 Å². The Labute approximate surface area is 61.9 Å². The quantitative estimate of drug-likeness (QED) is 0.572. The summed E-state index contributed by atoms with van der Waals surface area (Å²) >= 11 is 0. The maximum Gasteiger partial charge on any atom is 0.0905 e. The van der Waals surface area contributed by atoms with Crippen LogP contribution in [0.2, 0.25) is 0 Å². The molecule has 0 atom stereocenters. The van der Waals surface area contributed by atoms with Gasteiger partial charge in [-0.15, -0.1) is 0 Å². The van der Waals surface area contributed by atoms with E-state index in [4.69, 9.17) is 4.74 Å². The summed E-state index contributed by atoms with van der Waals surface area (Å²) in [6.07, 6.45) is 5.46. The fourth-order valence-electron chi connectivity index (χ4n) is 1.58. The first-order valence-electron chi connectivity index (χ1n) is 4.38. The molecule has 1 saturated heterocycles. The van der Waals surface area contributed by atoms with Crippen molar-refractivity contribution >= 4 is 0 Å². The van der Waals surface area contributed by atoms with Gasteiger partial charge in [0.25, 0.3) is 0 Å². The number of rotatable bonds is 2. The topological polar surface area (TPSA) is 25.8 Å². The highest BCUT2D eigenvalue weighted by atomic mass is 16.5. The van der Waals surface area contributed by atoms with Crippen LogP contribution in [0.5, 0.6) is 0 Å². The van der Waals surface area contributed by atoms with Crippen LogP contribution in [0.4, 0.5) is 0 Å². The largest absolute Gasteiger partial charge is 0.381 e. The molecule has 58 valence electrons. The Hall–Kier alpha value is -0.0800. The molecule has 0 amide bonds. The summed E-state index contributed by atoms with van der Waals surface area (Å²) in [5.74, 6) is 0. The molecule has 10 heavy (non-hydrogen) atoms. The molecule has 2 aliphatic rings. The second kappa shape index (κ2) is 2.89. The SMILES string of the molecule is C1CC([NH2+]C2CC2)CCO1. The fourth-order valence-corrected chi connectivity index (χ4v) is 1.58. The van der Waals surface area contributed by atoms with Crippen LogP contribution >= 0.6 is 0 Å². The summed E-state index contributed by atoms with van der Waals surface area (Å²) in [6, 6.07) is 1.88. The van der Waals surface area contributed by atoms with Gasteiger partial charge >= 0.3 is 0 Å². The van der Waals surface area contributed by atoms with Gasteiger partial charge in [0.2, 0.25) is 0 Å². The lowest BCUT2D eigenvalue weighted by atomic mass is 10.1. The van der Waals surface area contributed by atoms with E-state index in [1.165, 1.54) is 25.7 Å². The standard InChI is InChI=1S/C8H15NO/c1-2-7(1)9-8-3-5-10-6-4-8/h7-9H,1-6H2/p+1. The molecular weight excluding hydrogens is 126 g/mol. The molecular formula is C8H16NO+. The van der Waals surface area contributed by atoms with Gasteiger partial charge in [-0.3, -0.25) is 0 Å². The molecule has 2 nitrogen and oxygen atoms in total. The van der Waals surface area contributed by atoms with Gasteiger partial charge in [0.1, 0.15) is 0 Å². The minimum atomic E-state index is 0.890. The van der Waals surface area contributed by atoms with Crippen molar-refractivity contribution in [1.82, 2.24) is 0 Å². The molecule has 0 bridgehead atoms. The highest BCUT2D eigenvalue weighted by Crippen LogP contribution is 2.15. The van der Waals surface area contributed by atoms with Crippen LogP contribution in [-0.4, -0.2) is 25.3 Å². The van der Waals surface area contributed by atoms with Crippen LogP contribution in [0, 0.1) is 0 Å². The van der Waals surface area contributed by atoms with Crippen molar-refractivity contribution in [3.8, 4) is 0 Å². The molecule has 1 saturated carbocycles. The summed E-state index contributed by atoms with van der Waals surface area (Å²) in [4.78, 5) is 0. The Balaban J connectivity index is 1.69. The van der Waals surface area contributed by atoms with E-state index in [0.717, 1.165) is 25.3 Å². The molecule has 0 spiro atoms. The first kappa shape index (κ1) is 6.62. The van der Waals surface area contributed by atoms with Crippen molar-refractivity contribution in [2.24, 2.45) is 0 Å². The zero-order valence-corrected chi connectivity index (χ0v) is 6.38. The smallest absolute Gasteiger partial charge is 0.0905 e. The molecule has 0 unspecified atom stereocenters. The first-order valence-corrected chi connectivity index (χ1v) is 4.38. The Bertz CT molecular complexity index is 106. The molecule has 0 aromatic heterocycles. The molecule has 2 fully saturated rings. The lowest BCUT2D eigenvalue weighted by Gasteiger charge is -2.19. The van der Waals surface area contributed by atoms with Gasteiger partial charge in [-0.05, 0) is 0 Å². The molecule has 1 aliphatic heterocycles. The maximum atomic E-state index is 5.28. The van der Waals surface area contributed by atoms with E-state index < -0.39 is 0 Å². The lowest BCUT2D eigenvalue weighted by Crippen LogP contribution is -2.92. The van der Waals surface area contributed by atoms with E-state index in [-0.39, 0.29) is 0 Å².